The maximum atomic E-state index is 14.6. The molecule has 2 N–H and O–H groups in total. The lowest BCUT2D eigenvalue weighted by atomic mass is 10.1. The van der Waals surface area contributed by atoms with Gasteiger partial charge in [0.25, 0.3) is 11.5 Å². The van der Waals surface area contributed by atoms with Crippen LogP contribution in [0.25, 0.3) is 5.69 Å². The van der Waals surface area contributed by atoms with E-state index in [-0.39, 0.29) is 36.1 Å². The summed E-state index contributed by atoms with van der Waals surface area (Å²) in [4.78, 5) is 28.9. The third-order valence-corrected chi connectivity index (χ3v) is 5.13. The molecule has 3 aromatic rings. The van der Waals surface area contributed by atoms with E-state index in [1.807, 2.05) is 0 Å². The van der Waals surface area contributed by atoms with Gasteiger partial charge >= 0.3 is 0 Å². The van der Waals surface area contributed by atoms with Crippen molar-refractivity contribution >= 4 is 17.5 Å². The van der Waals surface area contributed by atoms with Gasteiger partial charge in [-0.15, -0.1) is 0 Å². The van der Waals surface area contributed by atoms with E-state index in [2.05, 4.69) is 10.3 Å². The van der Waals surface area contributed by atoms with Crippen LogP contribution in [0.5, 0.6) is 5.88 Å². The fraction of sp³-hybridized carbons (Fsp3) is 0.261. The molecule has 7 nitrogen and oxygen atoms in total. The first-order chi connectivity index (χ1) is 15.9. The summed E-state index contributed by atoms with van der Waals surface area (Å²) in [6.07, 6.45) is 0. The second kappa shape index (κ2) is 9.86. The highest BCUT2D eigenvalue weighted by atomic mass is 35.5. The minimum Gasteiger partial charge on any atom is -0.471 e. The molecular weight excluding hydrogens is 475 g/mol. The molecule has 1 amide bonds. The van der Waals surface area contributed by atoms with Crippen molar-refractivity contribution in [3.8, 4) is 11.6 Å². The van der Waals surface area contributed by atoms with Crippen molar-refractivity contribution in [3.63, 3.8) is 0 Å². The summed E-state index contributed by atoms with van der Waals surface area (Å²) < 4.78 is 47.8. The van der Waals surface area contributed by atoms with Crippen molar-refractivity contribution in [1.82, 2.24) is 14.9 Å². The number of rotatable bonds is 7. The molecule has 1 heterocycles. The highest BCUT2D eigenvalue weighted by Crippen LogP contribution is 2.23. The molecule has 1 aromatic heterocycles. The maximum absolute atomic E-state index is 14.6. The van der Waals surface area contributed by atoms with E-state index >= 15 is 0 Å². The van der Waals surface area contributed by atoms with E-state index in [9.17, 15) is 27.9 Å². The number of nitrogens with zero attached hydrogens (tertiary/aromatic N) is 2. The van der Waals surface area contributed by atoms with Crippen LogP contribution in [0.15, 0.2) is 41.2 Å². The fourth-order valence-electron chi connectivity index (χ4n) is 2.99. The van der Waals surface area contributed by atoms with Crippen molar-refractivity contribution in [2.24, 2.45) is 0 Å². The minimum absolute atomic E-state index is 0.0212. The number of aliphatic hydroxyl groups is 1. The first-order valence-electron chi connectivity index (χ1n) is 10.0. The SMILES string of the molecule is Cc1nc(OCc2ccc(F)cc2F)c(Cl)c(=O)n1-c1cc(CNC(=O)C(C)(C)O)ccc1F. The second-order valence-electron chi connectivity index (χ2n) is 7.97. The molecule has 0 spiro atoms. The molecule has 0 saturated carbocycles. The molecule has 0 radical (unpaired) electrons. The normalized spacial score (nSPS) is 11.4. The lowest BCUT2D eigenvalue weighted by Crippen LogP contribution is -2.41. The Labute approximate surface area is 197 Å². The Bertz CT molecular complexity index is 1310. The molecule has 11 heteroatoms. The highest BCUT2D eigenvalue weighted by Gasteiger charge is 2.23. The molecule has 0 aliphatic rings. The molecular formula is C23H21ClF3N3O4. The van der Waals surface area contributed by atoms with E-state index in [1.54, 1.807) is 0 Å². The number of halogens is 4. The molecule has 180 valence electrons. The van der Waals surface area contributed by atoms with Gasteiger partial charge in [0.2, 0.25) is 5.88 Å². The van der Waals surface area contributed by atoms with Crippen molar-refractivity contribution in [2.45, 2.75) is 39.5 Å². The van der Waals surface area contributed by atoms with Crippen molar-refractivity contribution in [2.75, 3.05) is 0 Å². The van der Waals surface area contributed by atoms with Crippen molar-refractivity contribution in [1.29, 1.82) is 0 Å². The zero-order chi connectivity index (χ0) is 25.2. The van der Waals surface area contributed by atoms with Gasteiger partial charge < -0.3 is 15.2 Å². The predicted octanol–water partition coefficient (Wildman–Crippen LogP) is 3.58. The Morgan fingerprint density at radius 2 is 1.88 bits per heavy atom. The highest BCUT2D eigenvalue weighted by molar-refractivity contribution is 6.31. The van der Waals surface area contributed by atoms with E-state index < -0.39 is 39.5 Å². The zero-order valence-electron chi connectivity index (χ0n) is 18.5. The molecule has 0 unspecified atom stereocenters. The Balaban J connectivity index is 1.90. The summed E-state index contributed by atoms with van der Waals surface area (Å²) in [6, 6.07) is 6.79. The molecule has 0 fully saturated rings. The number of carbonyl (C=O) groups excluding carboxylic acids is 1. The van der Waals surface area contributed by atoms with Crippen LogP contribution in [0.3, 0.4) is 0 Å². The van der Waals surface area contributed by atoms with Gasteiger partial charge in [0.15, 0.2) is 5.02 Å². The summed E-state index contributed by atoms with van der Waals surface area (Å²) >= 11 is 6.11. The largest absolute Gasteiger partial charge is 0.471 e. The average Bonchev–Trinajstić information content (AvgIpc) is 2.75. The number of ether oxygens (including phenoxy) is 1. The lowest BCUT2D eigenvalue weighted by Gasteiger charge is -2.17. The number of amides is 1. The number of carbonyl (C=O) groups is 1. The number of nitrogens with one attached hydrogen (secondary N) is 1. The maximum Gasteiger partial charge on any atom is 0.280 e. The summed E-state index contributed by atoms with van der Waals surface area (Å²) in [5.74, 6) is -3.23. The standard InChI is InChI=1S/C23H21ClF3N3O4/c1-12-29-20(34-11-14-5-6-15(25)9-17(14)27)19(24)21(31)30(12)18-8-13(4-7-16(18)26)10-28-22(32)23(2,3)33/h4-9,33H,10-11H2,1-3H3,(H,28,32). The number of hydrogen-bond acceptors (Lipinski definition) is 5. The van der Waals surface area contributed by atoms with Crippen LogP contribution in [-0.4, -0.2) is 26.2 Å². The van der Waals surface area contributed by atoms with Gasteiger partial charge in [-0.1, -0.05) is 17.7 Å². The summed E-state index contributed by atoms with van der Waals surface area (Å²) in [7, 11) is 0. The van der Waals surface area contributed by atoms with Crippen molar-refractivity contribution < 1.29 is 27.8 Å². The molecule has 0 atom stereocenters. The summed E-state index contributed by atoms with van der Waals surface area (Å²) in [5.41, 5.74) is -2.12. The van der Waals surface area contributed by atoms with E-state index in [4.69, 9.17) is 16.3 Å². The smallest absolute Gasteiger partial charge is 0.280 e. The summed E-state index contributed by atoms with van der Waals surface area (Å²) in [5, 5.41) is 11.8. The third-order valence-electron chi connectivity index (χ3n) is 4.81. The van der Waals surface area contributed by atoms with Gasteiger partial charge in [0, 0.05) is 18.2 Å². The minimum atomic E-state index is -1.60. The molecule has 0 aliphatic carbocycles. The number of benzene rings is 2. The monoisotopic (exact) mass is 495 g/mol. The zero-order valence-corrected chi connectivity index (χ0v) is 19.2. The van der Waals surface area contributed by atoms with E-state index in [0.717, 1.165) is 16.7 Å². The Hall–Kier alpha value is -3.37. The van der Waals surface area contributed by atoms with Gasteiger partial charge in [0.05, 0.1) is 5.69 Å². The number of aryl methyl sites for hydroxylation is 1. The predicted molar refractivity (Wildman–Crippen MR) is 118 cm³/mol. The van der Waals surface area contributed by atoms with Crippen LogP contribution >= 0.6 is 11.6 Å². The molecule has 0 saturated heterocycles. The molecule has 34 heavy (non-hydrogen) atoms. The van der Waals surface area contributed by atoms with Crippen molar-refractivity contribution in [3.05, 3.63) is 86.2 Å². The quantitative estimate of drug-likeness (QED) is 0.522. The average molecular weight is 496 g/mol. The number of hydrogen-bond donors (Lipinski definition) is 2. The third kappa shape index (κ3) is 5.57. The Morgan fingerprint density at radius 1 is 1.18 bits per heavy atom. The van der Waals surface area contributed by atoms with Gasteiger partial charge in [-0.25, -0.2) is 13.2 Å². The second-order valence-corrected chi connectivity index (χ2v) is 8.35. The van der Waals surface area contributed by atoms with Crippen LogP contribution in [0.1, 0.15) is 30.8 Å². The van der Waals surface area contributed by atoms with Gasteiger partial charge in [0.1, 0.15) is 35.5 Å². The number of aromatic nitrogens is 2. The lowest BCUT2D eigenvalue weighted by molar-refractivity contribution is -0.136. The topological polar surface area (TPSA) is 93.5 Å². The van der Waals surface area contributed by atoms with Crippen LogP contribution in [0.2, 0.25) is 5.02 Å². The fourth-order valence-corrected chi connectivity index (χ4v) is 3.17. The van der Waals surface area contributed by atoms with Gasteiger partial charge in [-0.3, -0.25) is 14.2 Å². The first kappa shape index (κ1) is 25.3. The molecule has 0 bridgehead atoms. The van der Waals surface area contributed by atoms with Crippen LogP contribution in [0, 0.1) is 24.4 Å². The van der Waals surface area contributed by atoms with Crippen LogP contribution < -0.4 is 15.6 Å². The first-order valence-corrected chi connectivity index (χ1v) is 10.4. The summed E-state index contributed by atoms with van der Waals surface area (Å²) in [6.45, 7) is 3.67. The van der Waals surface area contributed by atoms with Gasteiger partial charge in [-0.05, 0) is 50.6 Å². The van der Waals surface area contributed by atoms with E-state index in [1.165, 1.54) is 39.0 Å². The molecule has 3 rings (SSSR count). The Kier molecular flexibility index (Phi) is 7.32. The Morgan fingerprint density at radius 3 is 2.53 bits per heavy atom. The van der Waals surface area contributed by atoms with E-state index in [0.29, 0.717) is 11.6 Å². The molecule has 0 aliphatic heterocycles. The van der Waals surface area contributed by atoms with Gasteiger partial charge in [-0.2, -0.15) is 4.98 Å². The van der Waals surface area contributed by atoms with Crippen LogP contribution in [-0.2, 0) is 17.9 Å². The van der Waals surface area contributed by atoms with Crippen LogP contribution in [0.4, 0.5) is 13.2 Å². The molecule has 2 aromatic carbocycles.